The van der Waals surface area contributed by atoms with E-state index in [2.05, 4.69) is 22.2 Å². The minimum atomic E-state index is -4.56. The fourth-order valence-electron chi connectivity index (χ4n) is 2.16. The van der Waals surface area contributed by atoms with Crippen LogP contribution in [-0.4, -0.2) is 9.97 Å². The fraction of sp³-hybridized carbons (Fsp3) is 0.375. The second kappa shape index (κ2) is 7.30. The van der Waals surface area contributed by atoms with Crippen molar-refractivity contribution in [2.75, 3.05) is 11.1 Å². The van der Waals surface area contributed by atoms with Crippen LogP contribution in [0.15, 0.2) is 30.5 Å². The van der Waals surface area contributed by atoms with E-state index in [0.29, 0.717) is 0 Å². The van der Waals surface area contributed by atoms with Crippen LogP contribution in [0.5, 0.6) is 0 Å². The minimum absolute atomic E-state index is 0.0244. The van der Waals surface area contributed by atoms with Gasteiger partial charge in [0, 0.05) is 24.0 Å². The standard InChI is InChI=1S/C16H19F3N4/c1-2-3-4-11-5-7-13(8-6-11)21-9-12-10-22-15(20)23-14(12)16(17,18)19/h5-8,10,21H,2-4,9H2,1H3,(H2,20,22,23). The van der Waals surface area contributed by atoms with Crippen LogP contribution in [0, 0.1) is 0 Å². The van der Waals surface area contributed by atoms with Gasteiger partial charge in [-0.25, -0.2) is 9.97 Å². The van der Waals surface area contributed by atoms with Gasteiger partial charge in [-0.15, -0.1) is 0 Å². The van der Waals surface area contributed by atoms with Crippen LogP contribution < -0.4 is 11.1 Å². The Bertz CT molecular complexity index is 639. The molecule has 7 heteroatoms. The Hall–Kier alpha value is -2.31. The molecule has 124 valence electrons. The third kappa shape index (κ3) is 4.84. The monoisotopic (exact) mass is 324 g/mol. The van der Waals surface area contributed by atoms with E-state index >= 15 is 0 Å². The topological polar surface area (TPSA) is 63.8 Å². The number of aromatic nitrogens is 2. The molecule has 0 bridgehead atoms. The number of halogens is 3. The summed E-state index contributed by atoms with van der Waals surface area (Å²) in [5, 5.41) is 2.96. The Morgan fingerprint density at radius 1 is 1.17 bits per heavy atom. The molecule has 0 atom stereocenters. The van der Waals surface area contributed by atoms with Gasteiger partial charge in [-0.2, -0.15) is 13.2 Å². The van der Waals surface area contributed by atoms with Crippen molar-refractivity contribution in [3.05, 3.63) is 47.3 Å². The van der Waals surface area contributed by atoms with Gasteiger partial charge < -0.3 is 11.1 Å². The molecule has 0 unspecified atom stereocenters. The molecule has 23 heavy (non-hydrogen) atoms. The van der Waals surface area contributed by atoms with Crippen molar-refractivity contribution < 1.29 is 13.2 Å². The first-order chi connectivity index (χ1) is 10.9. The van der Waals surface area contributed by atoms with Gasteiger partial charge in [0.15, 0.2) is 5.69 Å². The number of nitrogen functional groups attached to an aromatic ring is 1. The number of aryl methyl sites for hydroxylation is 1. The van der Waals surface area contributed by atoms with Crippen LogP contribution in [0.1, 0.15) is 36.6 Å². The molecule has 0 amide bonds. The largest absolute Gasteiger partial charge is 0.433 e. The summed E-state index contributed by atoms with van der Waals surface area (Å²) in [5.74, 6) is -0.388. The van der Waals surface area contributed by atoms with Crippen LogP contribution in [-0.2, 0) is 19.1 Å². The van der Waals surface area contributed by atoms with Gasteiger partial charge in [-0.3, -0.25) is 0 Å². The number of hydrogen-bond acceptors (Lipinski definition) is 4. The van der Waals surface area contributed by atoms with Gasteiger partial charge in [0.05, 0.1) is 0 Å². The SMILES string of the molecule is CCCCc1ccc(NCc2cnc(N)nc2C(F)(F)F)cc1. The number of unbranched alkanes of at least 4 members (excludes halogenated alkanes) is 1. The smallest absolute Gasteiger partial charge is 0.381 e. The average Bonchev–Trinajstić information content (AvgIpc) is 2.52. The fourth-order valence-corrected chi connectivity index (χ4v) is 2.16. The highest BCUT2D eigenvalue weighted by atomic mass is 19.4. The third-order valence-electron chi connectivity index (χ3n) is 3.41. The lowest BCUT2D eigenvalue weighted by Gasteiger charge is -2.13. The summed E-state index contributed by atoms with van der Waals surface area (Å²) in [6.07, 6.45) is -0.214. The molecule has 1 aromatic heterocycles. The Morgan fingerprint density at radius 3 is 2.48 bits per heavy atom. The van der Waals surface area contributed by atoms with Crippen molar-refractivity contribution >= 4 is 11.6 Å². The Morgan fingerprint density at radius 2 is 1.87 bits per heavy atom. The molecular formula is C16H19F3N4. The molecular weight excluding hydrogens is 305 g/mol. The number of nitrogens with two attached hydrogens (primary N) is 1. The maximum atomic E-state index is 13.0. The van der Waals surface area contributed by atoms with E-state index in [1.165, 1.54) is 5.56 Å². The Labute approximate surface area is 133 Å². The maximum absolute atomic E-state index is 13.0. The van der Waals surface area contributed by atoms with E-state index in [4.69, 9.17) is 5.73 Å². The number of anilines is 2. The maximum Gasteiger partial charge on any atom is 0.433 e. The normalized spacial score (nSPS) is 11.5. The molecule has 0 aliphatic heterocycles. The summed E-state index contributed by atoms with van der Waals surface area (Å²) in [5.41, 5.74) is 6.16. The molecule has 1 aromatic carbocycles. The second-order valence-corrected chi connectivity index (χ2v) is 5.25. The first-order valence-electron chi connectivity index (χ1n) is 7.41. The van der Waals surface area contributed by atoms with Gasteiger partial charge in [0.1, 0.15) is 0 Å². The van der Waals surface area contributed by atoms with E-state index in [-0.39, 0.29) is 18.1 Å². The summed E-state index contributed by atoms with van der Waals surface area (Å²) in [7, 11) is 0. The van der Waals surface area contributed by atoms with E-state index in [1.807, 2.05) is 24.3 Å². The molecule has 4 nitrogen and oxygen atoms in total. The molecule has 1 heterocycles. The Balaban J connectivity index is 2.06. The third-order valence-corrected chi connectivity index (χ3v) is 3.41. The highest BCUT2D eigenvalue weighted by Gasteiger charge is 2.35. The molecule has 0 saturated heterocycles. The zero-order valence-electron chi connectivity index (χ0n) is 12.8. The van der Waals surface area contributed by atoms with Crippen LogP contribution >= 0.6 is 0 Å². The van der Waals surface area contributed by atoms with Crippen LogP contribution in [0.2, 0.25) is 0 Å². The van der Waals surface area contributed by atoms with Crippen molar-refractivity contribution in [3.8, 4) is 0 Å². The summed E-state index contributed by atoms with van der Waals surface area (Å²) in [6, 6.07) is 7.66. The molecule has 0 saturated carbocycles. The van der Waals surface area contributed by atoms with Gasteiger partial charge >= 0.3 is 6.18 Å². The Kier molecular flexibility index (Phi) is 5.41. The lowest BCUT2D eigenvalue weighted by atomic mass is 10.1. The first kappa shape index (κ1) is 17.1. The predicted octanol–water partition coefficient (Wildman–Crippen LogP) is 4.03. The molecule has 0 aliphatic rings. The predicted molar refractivity (Wildman–Crippen MR) is 83.8 cm³/mol. The summed E-state index contributed by atoms with van der Waals surface area (Å²) in [6.45, 7) is 2.10. The average molecular weight is 324 g/mol. The van der Waals surface area contributed by atoms with Gasteiger partial charge in [-0.05, 0) is 30.5 Å². The van der Waals surface area contributed by atoms with E-state index in [1.54, 1.807) is 0 Å². The lowest BCUT2D eigenvalue weighted by molar-refractivity contribution is -0.141. The quantitative estimate of drug-likeness (QED) is 0.842. The number of hydrogen-bond donors (Lipinski definition) is 2. The molecule has 0 spiro atoms. The minimum Gasteiger partial charge on any atom is -0.381 e. The molecule has 0 radical (unpaired) electrons. The van der Waals surface area contributed by atoms with E-state index in [9.17, 15) is 13.2 Å². The highest BCUT2D eigenvalue weighted by molar-refractivity contribution is 5.45. The molecule has 2 rings (SSSR count). The molecule has 3 N–H and O–H groups in total. The van der Waals surface area contributed by atoms with Gasteiger partial charge in [0.2, 0.25) is 5.95 Å². The zero-order chi connectivity index (χ0) is 16.9. The van der Waals surface area contributed by atoms with E-state index < -0.39 is 11.9 Å². The number of nitrogens with one attached hydrogen (secondary N) is 1. The second-order valence-electron chi connectivity index (χ2n) is 5.25. The lowest BCUT2D eigenvalue weighted by Crippen LogP contribution is -2.16. The van der Waals surface area contributed by atoms with Crippen molar-refractivity contribution in [1.82, 2.24) is 9.97 Å². The number of rotatable bonds is 6. The first-order valence-corrected chi connectivity index (χ1v) is 7.41. The summed E-state index contributed by atoms with van der Waals surface area (Å²) in [4.78, 5) is 6.95. The number of nitrogens with zero attached hydrogens (tertiary/aromatic N) is 2. The molecule has 2 aromatic rings. The number of alkyl halides is 3. The highest BCUT2D eigenvalue weighted by Crippen LogP contribution is 2.30. The van der Waals surface area contributed by atoms with Gasteiger partial charge in [-0.1, -0.05) is 25.5 Å². The summed E-state index contributed by atoms with van der Waals surface area (Å²) < 4.78 is 38.9. The van der Waals surface area contributed by atoms with Crippen LogP contribution in [0.4, 0.5) is 24.8 Å². The molecule has 0 aliphatic carbocycles. The van der Waals surface area contributed by atoms with Crippen molar-refractivity contribution in [2.24, 2.45) is 0 Å². The van der Waals surface area contributed by atoms with Crippen LogP contribution in [0.3, 0.4) is 0 Å². The summed E-state index contributed by atoms with van der Waals surface area (Å²) >= 11 is 0. The number of benzene rings is 1. The van der Waals surface area contributed by atoms with Gasteiger partial charge in [0.25, 0.3) is 0 Å². The van der Waals surface area contributed by atoms with Crippen LogP contribution in [0.25, 0.3) is 0 Å². The zero-order valence-corrected chi connectivity index (χ0v) is 12.8. The van der Waals surface area contributed by atoms with Crippen molar-refractivity contribution in [1.29, 1.82) is 0 Å². The van der Waals surface area contributed by atoms with E-state index in [0.717, 1.165) is 31.1 Å². The van der Waals surface area contributed by atoms with Crippen molar-refractivity contribution in [2.45, 2.75) is 38.9 Å². The molecule has 0 fully saturated rings. The van der Waals surface area contributed by atoms with Crippen molar-refractivity contribution in [3.63, 3.8) is 0 Å².